The van der Waals surface area contributed by atoms with Crippen LogP contribution in [0.4, 0.5) is 13.2 Å². The number of hydrogen-bond donors (Lipinski definition) is 1. The second kappa shape index (κ2) is 10.7. The Kier molecular flexibility index (Phi) is 7.91. The molecule has 2 fully saturated rings. The lowest BCUT2D eigenvalue weighted by atomic mass is 9.94. The highest BCUT2D eigenvalue weighted by Crippen LogP contribution is 2.31. The lowest BCUT2D eigenvalue weighted by Crippen LogP contribution is -2.56. The van der Waals surface area contributed by atoms with Crippen LogP contribution in [0.5, 0.6) is 5.88 Å². The average Bonchev–Trinajstić information content (AvgIpc) is 3.26. The van der Waals surface area contributed by atoms with E-state index in [-0.39, 0.29) is 24.2 Å². The van der Waals surface area contributed by atoms with Gasteiger partial charge in [-0.2, -0.15) is 13.2 Å². The normalized spacial score (nSPS) is 22.1. The van der Waals surface area contributed by atoms with E-state index in [2.05, 4.69) is 18.0 Å². The summed E-state index contributed by atoms with van der Waals surface area (Å²) in [5, 5.41) is 7.12. The topological polar surface area (TPSA) is 89.0 Å². The van der Waals surface area contributed by atoms with Crippen LogP contribution in [0.3, 0.4) is 0 Å². The number of carbonyl (C=O) groups is 2. The number of aliphatic carboxylic acids is 1. The number of carboxylic acid groups (broad SMARTS) is 1. The van der Waals surface area contributed by atoms with E-state index in [1.165, 1.54) is 0 Å². The number of rotatable bonds is 4. The predicted molar refractivity (Wildman–Crippen MR) is 112 cm³/mol. The van der Waals surface area contributed by atoms with Crippen molar-refractivity contribution in [3.8, 4) is 5.88 Å². The van der Waals surface area contributed by atoms with Gasteiger partial charge in [0.1, 0.15) is 12.2 Å². The Bertz CT molecular complexity index is 955. The van der Waals surface area contributed by atoms with Gasteiger partial charge in [-0.05, 0) is 30.5 Å². The van der Waals surface area contributed by atoms with Crippen LogP contribution in [0.25, 0.3) is 0 Å². The van der Waals surface area contributed by atoms with Crippen LogP contribution in [0, 0.1) is 6.92 Å². The molecule has 0 spiro atoms. The van der Waals surface area contributed by atoms with Crippen molar-refractivity contribution in [1.82, 2.24) is 9.88 Å². The minimum Gasteiger partial charge on any atom is -0.475 e. The molecule has 1 N–H and O–H groups in total. The molecule has 1 aromatic carbocycles. The number of carbonyl (C=O) groups excluding carboxylic acids is 1. The molecule has 10 heteroatoms. The highest BCUT2D eigenvalue weighted by Gasteiger charge is 2.45. The van der Waals surface area contributed by atoms with Crippen LogP contribution in [0.15, 0.2) is 48.7 Å². The number of amides is 1. The zero-order valence-corrected chi connectivity index (χ0v) is 18.0. The van der Waals surface area contributed by atoms with Crippen molar-refractivity contribution < 1.29 is 37.3 Å². The Balaban J connectivity index is 0.000000383. The third-order valence-electron chi connectivity index (χ3n) is 5.60. The van der Waals surface area contributed by atoms with Gasteiger partial charge in [0, 0.05) is 31.8 Å². The van der Waals surface area contributed by atoms with Gasteiger partial charge in [0.05, 0.1) is 12.5 Å². The first-order chi connectivity index (χ1) is 15.7. The van der Waals surface area contributed by atoms with Gasteiger partial charge in [-0.3, -0.25) is 4.79 Å². The molecule has 0 unspecified atom stereocenters. The average molecular weight is 466 g/mol. The predicted octanol–water partition coefficient (Wildman–Crippen LogP) is 3.40. The van der Waals surface area contributed by atoms with E-state index in [0.29, 0.717) is 25.5 Å². The van der Waals surface area contributed by atoms with Crippen LogP contribution < -0.4 is 4.74 Å². The molecule has 33 heavy (non-hydrogen) atoms. The summed E-state index contributed by atoms with van der Waals surface area (Å²) in [7, 11) is 0. The molecule has 0 radical (unpaired) electrons. The quantitative estimate of drug-likeness (QED) is 0.743. The number of nitrogens with zero attached hydrogens (tertiary/aromatic N) is 2. The monoisotopic (exact) mass is 466 g/mol. The zero-order chi connectivity index (χ0) is 24.0. The molecule has 2 aromatic rings. The van der Waals surface area contributed by atoms with Crippen molar-refractivity contribution in [2.45, 2.75) is 50.6 Å². The second-order valence-corrected chi connectivity index (χ2v) is 7.80. The highest BCUT2D eigenvalue weighted by molar-refractivity contribution is 5.79. The fourth-order valence-electron chi connectivity index (χ4n) is 3.97. The van der Waals surface area contributed by atoms with Crippen LogP contribution in [-0.4, -0.2) is 64.4 Å². The Morgan fingerprint density at radius 2 is 1.88 bits per heavy atom. The number of aryl methyl sites for hydroxylation is 1. The lowest BCUT2D eigenvalue weighted by Gasteiger charge is -2.41. The first kappa shape index (κ1) is 24.5. The minimum atomic E-state index is -5.08. The smallest absolute Gasteiger partial charge is 0.475 e. The van der Waals surface area contributed by atoms with Gasteiger partial charge in [0.25, 0.3) is 0 Å². The summed E-state index contributed by atoms with van der Waals surface area (Å²) in [5.41, 5.74) is 2.26. The van der Waals surface area contributed by atoms with Crippen molar-refractivity contribution in [3.05, 3.63) is 59.8 Å². The maximum atomic E-state index is 12.9. The van der Waals surface area contributed by atoms with Gasteiger partial charge in [-0.1, -0.05) is 30.3 Å². The third kappa shape index (κ3) is 6.44. The number of aromatic nitrogens is 1. The molecule has 4 rings (SSSR count). The summed E-state index contributed by atoms with van der Waals surface area (Å²) in [6, 6.07) is 13.8. The van der Waals surface area contributed by atoms with E-state index in [4.69, 9.17) is 19.4 Å². The number of pyridine rings is 1. The van der Waals surface area contributed by atoms with Crippen molar-refractivity contribution in [2.75, 3.05) is 13.2 Å². The molecule has 1 aromatic heterocycles. The maximum Gasteiger partial charge on any atom is 0.490 e. The molecule has 2 saturated heterocycles. The summed E-state index contributed by atoms with van der Waals surface area (Å²) in [5.74, 6) is -1.96. The van der Waals surface area contributed by atoms with Gasteiger partial charge in [-0.25, -0.2) is 9.78 Å². The molecule has 0 aliphatic carbocycles. The van der Waals surface area contributed by atoms with Crippen LogP contribution in [0.1, 0.15) is 24.0 Å². The van der Waals surface area contributed by atoms with Crippen LogP contribution in [0.2, 0.25) is 0 Å². The molecule has 1 amide bonds. The minimum absolute atomic E-state index is 0.0556. The van der Waals surface area contributed by atoms with E-state index in [0.717, 1.165) is 24.0 Å². The molecule has 3 atom stereocenters. The Morgan fingerprint density at radius 3 is 2.52 bits per heavy atom. The SMILES string of the molecule is Cc1ccccc1CC(=O)N1CC[C@@H](Oc2ccccn2)[C@H]2OCC[C@@H]21.O=C(O)C(F)(F)F. The van der Waals surface area contributed by atoms with Gasteiger partial charge in [-0.15, -0.1) is 0 Å². The van der Waals surface area contributed by atoms with E-state index < -0.39 is 12.1 Å². The number of hydrogen-bond acceptors (Lipinski definition) is 5. The van der Waals surface area contributed by atoms with Crippen molar-refractivity contribution in [3.63, 3.8) is 0 Å². The number of ether oxygens (including phenoxy) is 2. The number of fused-ring (bicyclic) bond motifs is 1. The first-order valence-corrected chi connectivity index (χ1v) is 10.5. The van der Waals surface area contributed by atoms with Gasteiger partial charge in [0.15, 0.2) is 0 Å². The Hall–Kier alpha value is -3.14. The first-order valence-electron chi connectivity index (χ1n) is 10.5. The fourth-order valence-corrected chi connectivity index (χ4v) is 3.97. The summed E-state index contributed by atoms with van der Waals surface area (Å²) in [6.45, 7) is 3.43. The summed E-state index contributed by atoms with van der Waals surface area (Å²) < 4.78 is 43.7. The van der Waals surface area contributed by atoms with Crippen molar-refractivity contribution in [1.29, 1.82) is 0 Å². The number of likely N-dealkylation sites (tertiary alicyclic amines) is 1. The number of alkyl halides is 3. The number of halogens is 3. The van der Waals surface area contributed by atoms with E-state index in [1.807, 2.05) is 41.3 Å². The summed E-state index contributed by atoms with van der Waals surface area (Å²) >= 11 is 0. The van der Waals surface area contributed by atoms with Crippen molar-refractivity contribution >= 4 is 11.9 Å². The van der Waals surface area contributed by atoms with Gasteiger partial charge >= 0.3 is 12.1 Å². The molecular formula is C23H25F3N2O5. The summed E-state index contributed by atoms with van der Waals surface area (Å²) in [4.78, 5) is 28.1. The number of carboxylic acids is 1. The Labute approximate surface area is 189 Å². The summed E-state index contributed by atoms with van der Waals surface area (Å²) in [6.07, 6.45) is -1.42. The molecule has 178 valence electrons. The standard InChI is InChI=1S/C21H24N2O3.C2HF3O2/c1-15-6-2-3-7-16(15)14-20(24)23-12-9-18(21-17(23)10-13-25-21)26-19-8-4-5-11-22-19;3-2(4,5)1(6)7/h2-8,11,17-18,21H,9-10,12-14H2,1H3;(H,6,7)/t17-,18+,21-;/m0./s1. The Morgan fingerprint density at radius 1 is 1.18 bits per heavy atom. The van der Waals surface area contributed by atoms with E-state index in [9.17, 15) is 18.0 Å². The van der Waals surface area contributed by atoms with E-state index >= 15 is 0 Å². The van der Waals surface area contributed by atoms with E-state index in [1.54, 1.807) is 6.20 Å². The number of piperidine rings is 1. The molecule has 0 saturated carbocycles. The second-order valence-electron chi connectivity index (χ2n) is 7.80. The highest BCUT2D eigenvalue weighted by atomic mass is 19.4. The third-order valence-corrected chi connectivity index (χ3v) is 5.60. The van der Waals surface area contributed by atoms with Crippen LogP contribution >= 0.6 is 0 Å². The van der Waals surface area contributed by atoms with Crippen LogP contribution in [-0.2, 0) is 20.7 Å². The zero-order valence-electron chi connectivity index (χ0n) is 18.0. The number of benzene rings is 1. The van der Waals surface area contributed by atoms with Gasteiger partial charge < -0.3 is 19.5 Å². The molecule has 2 aliphatic rings. The molecule has 0 bridgehead atoms. The van der Waals surface area contributed by atoms with Crippen molar-refractivity contribution in [2.24, 2.45) is 0 Å². The molecular weight excluding hydrogens is 441 g/mol. The lowest BCUT2D eigenvalue weighted by molar-refractivity contribution is -0.192. The fraction of sp³-hybridized carbons (Fsp3) is 0.435. The molecule has 3 heterocycles. The molecule has 2 aliphatic heterocycles. The largest absolute Gasteiger partial charge is 0.490 e. The maximum absolute atomic E-state index is 12.9. The molecule has 7 nitrogen and oxygen atoms in total. The van der Waals surface area contributed by atoms with Gasteiger partial charge in [0.2, 0.25) is 11.8 Å².